The summed E-state index contributed by atoms with van der Waals surface area (Å²) in [7, 11) is -1.15. The summed E-state index contributed by atoms with van der Waals surface area (Å²) in [5.74, 6) is 1.18. The Kier molecular flexibility index (Phi) is 6.95. The number of hydrogen-bond acceptors (Lipinski definition) is 5. The fraction of sp³-hybridized carbons (Fsp3) is 0.632. The predicted molar refractivity (Wildman–Crippen MR) is 111 cm³/mol. The largest absolute Gasteiger partial charge is 0.369 e. The van der Waals surface area contributed by atoms with Crippen LogP contribution in [0.3, 0.4) is 0 Å². The first kappa shape index (κ1) is 19.9. The van der Waals surface area contributed by atoms with Gasteiger partial charge in [0.15, 0.2) is 15.8 Å². The summed E-state index contributed by atoms with van der Waals surface area (Å²) in [6.45, 7) is 6.19. The normalized spacial score (nSPS) is 23.4. The second-order valence-electron chi connectivity index (χ2n) is 7.26. The summed E-state index contributed by atoms with van der Waals surface area (Å²) in [4.78, 5) is 9.15. The molecule has 27 heavy (non-hydrogen) atoms. The summed E-state index contributed by atoms with van der Waals surface area (Å²) in [5.41, 5.74) is 1.31. The van der Waals surface area contributed by atoms with Gasteiger partial charge in [0.05, 0.1) is 11.5 Å². The fourth-order valence-electron chi connectivity index (χ4n) is 3.67. The zero-order chi connectivity index (χ0) is 19.1. The Bertz CT molecular complexity index is 715. The van der Waals surface area contributed by atoms with Crippen molar-refractivity contribution in [3.63, 3.8) is 0 Å². The summed E-state index contributed by atoms with van der Waals surface area (Å²) >= 11 is 0. The number of para-hydroxylation sites is 1. The lowest BCUT2D eigenvalue weighted by Gasteiger charge is -2.36. The van der Waals surface area contributed by atoms with E-state index in [1.807, 2.05) is 0 Å². The monoisotopic (exact) mass is 393 g/mol. The molecule has 1 atom stereocenters. The van der Waals surface area contributed by atoms with Crippen molar-refractivity contribution in [3.8, 4) is 0 Å². The highest BCUT2D eigenvalue weighted by molar-refractivity contribution is 7.91. The van der Waals surface area contributed by atoms with E-state index in [1.165, 1.54) is 5.69 Å². The lowest BCUT2D eigenvalue weighted by molar-refractivity contribution is 0.255. The van der Waals surface area contributed by atoms with Crippen LogP contribution in [0.5, 0.6) is 0 Å². The second kappa shape index (κ2) is 9.41. The molecule has 2 fully saturated rings. The van der Waals surface area contributed by atoms with Gasteiger partial charge in [0.1, 0.15) is 0 Å². The van der Waals surface area contributed by atoms with Crippen LogP contribution in [-0.4, -0.2) is 83.1 Å². The van der Waals surface area contributed by atoms with Gasteiger partial charge in [-0.1, -0.05) is 18.2 Å². The third kappa shape index (κ3) is 6.10. The van der Waals surface area contributed by atoms with Gasteiger partial charge in [0, 0.05) is 51.5 Å². The number of nitrogens with one attached hydrogen (secondary N) is 2. The van der Waals surface area contributed by atoms with Crippen molar-refractivity contribution in [1.82, 2.24) is 15.5 Å². The lowest BCUT2D eigenvalue weighted by Crippen LogP contribution is -2.47. The highest BCUT2D eigenvalue weighted by Gasteiger charge is 2.28. The van der Waals surface area contributed by atoms with Gasteiger partial charge in [-0.15, -0.1) is 0 Å². The predicted octanol–water partition coefficient (Wildman–Crippen LogP) is 0.551. The van der Waals surface area contributed by atoms with Crippen LogP contribution in [0.2, 0.25) is 0 Å². The van der Waals surface area contributed by atoms with E-state index in [4.69, 9.17) is 0 Å². The number of sulfone groups is 1. The number of rotatable bonds is 6. The lowest BCUT2D eigenvalue weighted by atomic mass is 10.2. The average Bonchev–Trinajstić information content (AvgIpc) is 3.03. The highest BCUT2D eigenvalue weighted by Crippen LogP contribution is 2.15. The minimum absolute atomic E-state index is 0.0211. The van der Waals surface area contributed by atoms with Crippen molar-refractivity contribution in [1.29, 1.82) is 0 Å². The van der Waals surface area contributed by atoms with Gasteiger partial charge >= 0.3 is 0 Å². The van der Waals surface area contributed by atoms with Gasteiger partial charge in [-0.25, -0.2) is 8.42 Å². The number of hydrogen-bond donors (Lipinski definition) is 2. The van der Waals surface area contributed by atoms with Crippen LogP contribution < -0.4 is 15.5 Å². The Morgan fingerprint density at radius 1 is 1.19 bits per heavy atom. The Morgan fingerprint density at radius 3 is 2.56 bits per heavy atom. The number of anilines is 1. The van der Waals surface area contributed by atoms with E-state index in [-0.39, 0.29) is 17.5 Å². The molecule has 1 aromatic rings. The molecule has 1 unspecified atom stereocenters. The summed E-state index contributed by atoms with van der Waals surface area (Å²) in [6, 6.07) is 10.6. The van der Waals surface area contributed by atoms with Crippen LogP contribution in [0, 0.1) is 0 Å². The third-order valence-corrected chi connectivity index (χ3v) is 7.00. The van der Waals surface area contributed by atoms with E-state index in [0.717, 1.165) is 45.7 Å². The molecule has 2 saturated heterocycles. The molecule has 2 heterocycles. The van der Waals surface area contributed by atoms with Gasteiger partial charge in [-0.3, -0.25) is 9.89 Å². The standard InChI is InChI=1S/C19H31N5O2S/c1-20-19(22-17-8-15-27(25,26)16-17)21-9-5-10-23-11-13-24(14-12-23)18-6-3-2-4-7-18/h2-4,6-7,17H,5,8-16H2,1H3,(H2,20,21,22). The Balaban J connectivity index is 1.31. The molecule has 0 amide bonds. The third-order valence-electron chi connectivity index (χ3n) is 5.23. The second-order valence-corrected chi connectivity index (χ2v) is 9.49. The number of guanidine groups is 1. The van der Waals surface area contributed by atoms with Crippen LogP contribution in [0.15, 0.2) is 35.3 Å². The molecule has 8 heteroatoms. The van der Waals surface area contributed by atoms with Crippen LogP contribution in [0.4, 0.5) is 5.69 Å². The highest BCUT2D eigenvalue weighted by atomic mass is 32.2. The van der Waals surface area contributed by atoms with Gasteiger partial charge in [0.2, 0.25) is 0 Å². The quantitative estimate of drug-likeness (QED) is 0.418. The average molecular weight is 394 g/mol. The van der Waals surface area contributed by atoms with Gasteiger partial charge in [-0.05, 0) is 31.5 Å². The first-order chi connectivity index (χ1) is 13.1. The van der Waals surface area contributed by atoms with Crippen molar-refractivity contribution in [3.05, 3.63) is 30.3 Å². The molecule has 0 bridgehead atoms. The van der Waals surface area contributed by atoms with Gasteiger partial charge < -0.3 is 15.5 Å². The van der Waals surface area contributed by atoms with E-state index in [9.17, 15) is 8.42 Å². The number of nitrogens with zero attached hydrogens (tertiary/aromatic N) is 3. The maximum atomic E-state index is 11.6. The number of aliphatic imine (C=N–C) groups is 1. The summed E-state index contributed by atoms with van der Waals surface area (Å²) < 4.78 is 23.1. The van der Waals surface area contributed by atoms with Crippen molar-refractivity contribution in [2.75, 3.05) is 62.7 Å². The molecule has 2 N–H and O–H groups in total. The molecular formula is C19H31N5O2S. The smallest absolute Gasteiger partial charge is 0.191 e. The molecule has 0 aliphatic carbocycles. The molecule has 1 aromatic carbocycles. The molecule has 0 saturated carbocycles. The molecule has 0 aromatic heterocycles. The molecule has 150 valence electrons. The zero-order valence-electron chi connectivity index (χ0n) is 16.1. The van der Waals surface area contributed by atoms with Crippen LogP contribution in [-0.2, 0) is 9.84 Å². The van der Waals surface area contributed by atoms with Crippen molar-refractivity contribution >= 4 is 21.5 Å². The Morgan fingerprint density at radius 2 is 1.93 bits per heavy atom. The first-order valence-electron chi connectivity index (χ1n) is 9.76. The van der Waals surface area contributed by atoms with E-state index in [1.54, 1.807) is 7.05 Å². The molecule has 2 aliphatic rings. The maximum absolute atomic E-state index is 11.6. The van der Waals surface area contributed by atoms with Crippen LogP contribution in [0.25, 0.3) is 0 Å². The fourth-order valence-corrected chi connectivity index (χ4v) is 5.35. The minimum Gasteiger partial charge on any atom is -0.369 e. The Labute approximate surface area is 162 Å². The summed E-state index contributed by atoms with van der Waals surface area (Å²) in [6.07, 6.45) is 1.70. The van der Waals surface area contributed by atoms with Crippen molar-refractivity contribution < 1.29 is 8.42 Å². The molecular weight excluding hydrogens is 362 g/mol. The number of piperazine rings is 1. The van der Waals surface area contributed by atoms with E-state index in [0.29, 0.717) is 12.4 Å². The SMILES string of the molecule is CN=C(NCCCN1CCN(c2ccccc2)CC1)NC1CCS(=O)(=O)C1. The zero-order valence-corrected chi connectivity index (χ0v) is 16.9. The molecule has 7 nitrogen and oxygen atoms in total. The van der Waals surface area contributed by atoms with Gasteiger partial charge in [0.25, 0.3) is 0 Å². The van der Waals surface area contributed by atoms with E-state index in [2.05, 4.69) is 55.8 Å². The topological polar surface area (TPSA) is 77.0 Å². The minimum atomic E-state index is -2.87. The Hall–Kier alpha value is -1.80. The number of benzene rings is 1. The molecule has 0 radical (unpaired) electrons. The van der Waals surface area contributed by atoms with E-state index < -0.39 is 9.84 Å². The first-order valence-corrected chi connectivity index (χ1v) is 11.6. The van der Waals surface area contributed by atoms with Crippen LogP contribution in [0.1, 0.15) is 12.8 Å². The molecule has 3 rings (SSSR count). The maximum Gasteiger partial charge on any atom is 0.191 e. The molecule has 0 spiro atoms. The van der Waals surface area contributed by atoms with E-state index >= 15 is 0 Å². The van der Waals surface area contributed by atoms with Gasteiger partial charge in [-0.2, -0.15) is 0 Å². The summed E-state index contributed by atoms with van der Waals surface area (Å²) in [5, 5.41) is 6.53. The van der Waals surface area contributed by atoms with Crippen LogP contribution >= 0.6 is 0 Å². The van der Waals surface area contributed by atoms with Crippen molar-refractivity contribution in [2.24, 2.45) is 4.99 Å². The molecule has 2 aliphatic heterocycles. The van der Waals surface area contributed by atoms with Crippen molar-refractivity contribution in [2.45, 2.75) is 18.9 Å².